The van der Waals surface area contributed by atoms with Gasteiger partial charge < -0.3 is 9.47 Å². The Morgan fingerprint density at radius 3 is 3.43 bits per heavy atom. The minimum Gasteiger partial charge on any atom is -0.353 e. The monoisotopic (exact) mass is 194 g/mol. The number of pyridine rings is 1. The van der Waals surface area contributed by atoms with Crippen LogP contribution in [0.5, 0.6) is 0 Å². The molecule has 1 unspecified atom stereocenters. The van der Waals surface area contributed by atoms with Crippen LogP contribution in [-0.2, 0) is 16.1 Å². The van der Waals surface area contributed by atoms with E-state index in [9.17, 15) is 0 Å². The van der Waals surface area contributed by atoms with Crippen LogP contribution in [-0.4, -0.2) is 17.9 Å². The summed E-state index contributed by atoms with van der Waals surface area (Å²) in [6.07, 6.45) is 6.42. The first-order chi connectivity index (χ1) is 7.34. The van der Waals surface area contributed by atoms with E-state index in [0.29, 0.717) is 12.6 Å². The van der Waals surface area contributed by atoms with Crippen LogP contribution >= 0.6 is 0 Å². The van der Waals surface area contributed by atoms with E-state index in [1.165, 1.54) is 12.6 Å². The van der Waals surface area contributed by atoms with Crippen LogP contribution in [0.1, 0.15) is 26.2 Å². The fraction of sp³-hybridized carbons (Fsp3) is 0.545. The van der Waals surface area contributed by atoms with Crippen molar-refractivity contribution in [2.24, 2.45) is 0 Å². The molecule has 1 saturated heterocycles. The molecular weight excluding hydrogens is 178 g/mol. The molecule has 1 aliphatic heterocycles. The zero-order valence-electron chi connectivity index (χ0n) is 9.11. The normalized spacial score (nSPS) is 23.1. The maximum absolute atomic E-state index is 7.41. The predicted molar refractivity (Wildman–Crippen MR) is 52.6 cm³/mol. The summed E-state index contributed by atoms with van der Waals surface area (Å²) in [4.78, 5) is 3.94. The number of nitrogens with zero attached hydrogens (tertiary/aromatic N) is 1. The molecule has 1 atom stereocenters. The lowest BCUT2D eigenvalue weighted by molar-refractivity contribution is -0.168. The van der Waals surface area contributed by atoms with Crippen LogP contribution in [0.3, 0.4) is 0 Å². The van der Waals surface area contributed by atoms with Crippen molar-refractivity contribution in [3.63, 3.8) is 0 Å². The SMILES string of the molecule is [2H]c1cncc(COC2CCCCO2)c1. The average Bonchev–Trinajstić information content (AvgIpc) is 2.28. The van der Waals surface area contributed by atoms with Crippen molar-refractivity contribution in [2.75, 3.05) is 6.61 Å². The van der Waals surface area contributed by atoms with Crippen LogP contribution in [0.4, 0.5) is 0 Å². The molecule has 0 saturated carbocycles. The molecule has 1 fully saturated rings. The van der Waals surface area contributed by atoms with Crippen molar-refractivity contribution in [3.05, 3.63) is 30.1 Å². The second-order valence-corrected chi connectivity index (χ2v) is 3.40. The Hall–Kier alpha value is -0.930. The van der Waals surface area contributed by atoms with E-state index >= 15 is 0 Å². The summed E-state index contributed by atoms with van der Waals surface area (Å²) in [5, 5.41) is 0. The van der Waals surface area contributed by atoms with Gasteiger partial charge in [0.25, 0.3) is 0 Å². The Balaban J connectivity index is 1.81. The van der Waals surface area contributed by atoms with E-state index in [4.69, 9.17) is 10.8 Å². The third-order valence-corrected chi connectivity index (χ3v) is 2.23. The number of aromatic nitrogens is 1. The molecule has 0 aliphatic carbocycles. The van der Waals surface area contributed by atoms with E-state index in [2.05, 4.69) is 4.98 Å². The van der Waals surface area contributed by atoms with Crippen LogP contribution in [0.25, 0.3) is 0 Å². The van der Waals surface area contributed by atoms with Gasteiger partial charge in [-0.3, -0.25) is 4.98 Å². The molecule has 1 aromatic heterocycles. The highest BCUT2D eigenvalue weighted by Gasteiger charge is 2.13. The van der Waals surface area contributed by atoms with Crippen LogP contribution in [0, 0.1) is 0 Å². The van der Waals surface area contributed by atoms with E-state index in [-0.39, 0.29) is 6.29 Å². The average molecular weight is 194 g/mol. The molecule has 3 heteroatoms. The third kappa shape index (κ3) is 2.79. The van der Waals surface area contributed by atoms with Crippen molar-refractivity contribution < 1.29 is 10.8 Å². The Morgan fingerprint density at radius 2 is 2.64 bits per heavy atom. The second kappa shape index (κ2) is 5.08. The molecule has 0 radical (unpaired) electrons. The summed E-state index contributed by atoms with van der Waals surface area (Å²) in [5.74, 6) is 0. The minimum absolute atomic E-state index is 0.0758. The zero-order chi connectivity index (χ0) is 10.5. The largest absolute Gasteiger partial charge is 0.353 e. The van der Waals surface area contributed by atoms with Crippen LogP contribution in [0.15, 0.2) is 24.5 Å². The second-order valence-electron chi connectivity index (χ2n) is 3.40. The van der Waals surface area contributed by atoms with Gasteiger partial charge in [0.05, 0.1) is 7.98 Å². The van der Waals surface area contributed by atoms with Gasteiger partial charge in [0.1, 0.15) is 0 Å². The van der Waals surface area contributed by atoms with E-state index in [0.717, 1.165) is 25.0 Å². The number of hydrogen-bond acceptors (Lipinski definition) is 3. The van der Waals surface area contributed by atoms with Gasteiger partial charge in [-0.15, -0.1) is 0 Å². The van der Waals surface area contributed by atoms with E-state index in [1.54, 1.807) is 12.3 Å². The van der Waals surface area contributed by atoms with Crippen molar-refractivity contribution in [3.8, 4) is 0 Å². The van der Waals surface area contributed by atoms with Gasteiger partial charge in [-0.25, -0.2) is 0 Å². The summed E-state index contributed by atoms with van der Waals surface area (Å²) >= 11 is 0. The number of rotatable bonds is 3. The minimum atomic E-state index is -0.0758. The Morgan fingerprint density at radius 1 is 1.64 bits per heavy atom. The van der Waals surface area contributed by atoms with Gasteiger partial charge in [0, 0.05) is 19.0 Å². The molecule has 2 heterocycles. The summed E-state index contributed by atoms with van der Waals surface area (Å²) in [6, 6.07) is 2.18. The lowest BCUT2D eigenvalue weighted by Gasteiger charge is -2.22. The number of hydrogen-bond donors (Lipinski definition) is 0. The standard InChI is InChI=1S/C11H15NO2/c1-2-7-13-11(5-1)14-9-10-4-3-6-12-8-10/h3-4,6,8,11H,1-2,5,7,9H2/i3D. The molecule has 1 aromatic rings. The Labute approximate surface area is 85.5 Å². The molecule has 0 N–H and O–H groups in total. The van der Waals surface area contributed by atoms with Gasteiger partial charge in [-0.05, 0) is 30.9 Å². The molecule has 0 bridgehead atoms. The highest BCUT2D eigenvalue weighted by atomic mass is 16.7. The van der Waals surface area contributed by atoms with Gasteiger partial charge in [0.15, 0.2) is 6.29 Å². The first kappa shape index (κ1) is 8.38. The third-order valence-electron chi connectivity index (χ3n) is 2.23. The Kier molecular flexibility index (Phi) is 3.04. The van der Waals surface area contributed by atoms with E-state index in [1.807, 2.05) is 0 Å². The maximum atomic E-state index is 7.41. The first-order valence-electron chi connectivity index (χ1n) is 5.48. The summed E-state index contributed by atoms with van der Waals surface area (Å²) in [6.45, 7) is 1.27. The first-order valence-corrected chi connectivity index (χ1v) is 4.98. The Bertz CT molecular complexity index is 313. The molecule has 14 heavy (non-hydrogen) atoms. The topological polar surface area (TPSA) is 31.4 Å². The molecule has 76 valence electrons. The lowest BCUT2D eigenvalue weighted by atomic mass is 10.2. The highest BCUT2D eigenvalue weighted by Crippen LogP contribution is 2.15. The summed E-state index contributed by atoms with van der Waals surface area (Å²) < 4.78 is 18.4. The smallest absolute Gasteiger partial charge is 0.158 e. The van der Waals surface area contributed by atoms with Crippen LogP contribution < -0.4 is 0 Å². The molecular formula is C11H15NO2. The maximum Gasteiger partial charge on any atom is 0.158 e. The number of ether oxygens (including phenoxy) is 2. The predicted octanol–water partition coefficient (Wildman–Crippen LogP) is 2.12. The molecule has 0 aromatic carbocycles. The van der Waals surface area contributed by atoms with Crippen molar-refractivity contribution >= 4 is 0 Å². The lowest BCUT2D eigenvalue weighted by Crippen LogP contribution is -2.21. The zero-order valence-corrected chi connectivity index (χ0v) is 8.11. The van der Waals surface area contributed by atoms with Crippen molar-refractivity contribution in [2.45, 2.75) is 32.2 Å². The van der Waals surface area contributed by atoms with E-state index < -0.39 is 0 Å². The van der Waals surface area contributed by atoms with Gasteiger partial charge in [0.2, 0.25) is 0 Å². The van der Waals surface area contributed by atoms with Gasteiger partial charge >= 0.3 is 0 Å². The molecule has 1 aliphatic rings. The van der Waals surface area contributed by atoms with Gasteiger partial charge in [-0.1, -0.05) is 6.07 Å². The fourth-order valence-corrected chi connectivity index (χ4v) is 1.47. The summed E-state index contributed by atoms with van der Waals surface area (Å²) in [5.41, 5.74) is 0.927. The fourth-order valence-electron chi connectivity index (χ4n) is 1.47. The molecule has 3 nitrogen and oxygen atoms in total. The van der Waals surface area contributed by atoms with Gasteiger partial charge in [-0.2, -0.15) is 0 Å². The molecule has 2 rings (SSSR count). The van der Waals surface area contributed by atoms with Crippen molar-refractivity contribution in [1.82, 2.24) is 4.98 Å². The van der Waals surface area contributed by atoms with Crippen LogP contribution in [0.2, 0.25) is 0 Å². The molecule has 0 spiro atoms. The summed E-state index contributed by atoms with van der Waals surface area (Å²) in [7, 11) is 0. The highest BCUT2D eigenvalue weighted by molar-refractivity contribution is 5.06. The van der Waals surface area contributed by atoms with Crippen molar-refractivity contribution in [1.29, 1.82) is 0 Å². The molecule has 0 amide bonds. The quantitative estimate of drug-likeness (QED) is 0.738.